The molecular formula is C20H14FN5O3. The van der Waals surface area contributed by atoms with Crippen molar-refractivity contribution in [3.8, 4) is 0 Å². The van der Waals surface area contributed by atoms with Crippen LogP contribution in [0.25, 0.3) is 5.57 Å². The molecule has 0 atom stereocenters. The highest BCUT2D eigenvalue weighted by Gasteiger charge is 2.38. The molecule has 0 unspecified atom stereocenters. The Kier molecular flexibility index (Phi) is 4.78. The number of carbonyl (C=O) groups excluding carboxylic acids is 3. The fourth-order valence-corrected chi connectivity index (χ4v) is 2.90. The van der Waals surface area contributed by atoms with Gasteiger partial charge in [0.05, 0.1) is 0 Å². The Morgan fingerprint density at radius 2 is 1.90 bits per heavy atom. The van der Waals surface area contributed by atoms with Gasteiger partial charge in [0, 0.05) is 30.7 Å². The number of imide groups is 1. The molecule has 4 amide bonds. The van der Waals surface area contributed by atoms with Gasteiger partial charge in [-0.2, -0.15) is 4.99 Å². The quantitative estimate of drug-likeness (QED) is 0.838. The number of nitrogens with one attached hydrogen (secondary N) is 1. The molecule has 3 heterocycles. The summed E-state index contributed by atoms with van der Waals surface area (Å²) in [6, 6.07) is 8.22. The van der Waals surface area contributed by atoms with Crippen molar-refractivity contribution in [1.82, 2.24) is 15.2 Å². The molecule has 1 aromatic heterocycles. The van der Waals surface area contributed by atoms with E-state index in [-0.39, 0.29) is 18.0 Å². The second-order valence-electron chi connectivity index (χ2n) is 6.30. The van der Waals surface area contributed by atoms with Crippen molar-refractivity contribution in [1.29, 1.82) is 0 Å². The lowest BCUT2D eigenvalue weighted by Gasteiger charge is -2.23. The number of hydrogen-bond acceptors (Lipinski definition) is 5. The van der Waals surface area contributed by atoms with E-state index in [9.17, 15) is 18.8 Å². The number of pyridine rings is 1. The number of aromatic nitrogens is 1. The van der Waals surface area contributed by atoms with Crippen LogP contribution in [0.5, 0.6) is 0 Å². The maximum atomic E-state index is 13.1. The maximum absolute atomic E-state index is 13.1. The first-order chi connectivity index (χ1) is 14.0. The van der Waals surface area contributed by atoms with E-state index in [1.165, 1.54) is 30.5 Å². The van der Waals surface area contributed by atoms with Crippen molar-refractivity contribution in [2.75, 3.05) is 6.54 Å². The fraction of sp³-hybridized carbons (Fsp3) is 0.100. The number of urea groups is 1. The molecule has 1 N–H and O–H groups in total. The second-order valence-corrected chi connectivity index (χ2v) is 6.30. The Balaban J connectivity index is 1.46. The fourth-order valence-electron chi connectivity index (χ4n) is 2.90. The number of aliphatic imine (C=N–C) groups is 2. The van der Waals surface area contributed by atoms with Crippen LogP contribution in [-0.4, -0.2) is 45.7 Å². The van der Waals surface area contributed by atoms with Crippen molar-refractivity contribution in [3.63, 3.8) is 0 Å². The normalized spacial score (nSPS) is 15.5. The molecule has 0 radical (unpaired) electrons. The van der Waals surface area contributed by atoms with Crippen LogP contribution in [0.2, 0.25) is 0 Å². The number of fused-ring (bicyclic) bond motifs is 1. The lowest BCUT2D eigenvalue weighted by Crippen LogP contribution is -2.50. The van der Waals surface area contributed by atoms with Crippen LogP contribution in [-0.2, 0) is 16.1 Å². The van der Waals surface area contributed by atoms with Gasteiger partial charge in [-0.3, -0.25) is 14.6 Å². The molecule has 0 fully saturated rings. The zero-order valence-corrected chi connectivity index (χ0v) is 15.0. The first-order valence-corrected chi connectivity index (χ1v) is 8.67. The predicted molar refractivity (Wildman–Crippen MR) is 102 cm³/mol. The summed E-state index contributed by atoms with van der Waals surface area (Å²) in [5.74, 6) is -1.63. The van der Waals surface area contributed by atoms with Gasteiger partial charge < -0.3 is 5.32 Å². The molecule has 29 heavy (non-hydrogen) atoms. The lowest BCUT2D eigenvalue weighted by molar-refractivity contribution is -0.128. The topological polar surface area (TPSA) is 104 Å². The summed E-state index contributed by atoms with van der Waals surface area (Å²) in [4.78, 5) is 49.9. The third kappa shape index (κ3) is 3.70. The summed E-state index contributed by atoms with van der Waals surface area (Å²) in [6.07, 6.45) is 4.62. The van der Waals surface area contributed by atoms with Gasteiger partial charge in [0.1, 0.15) is 18.1 Å². The minimum atomic E-state index is -0.851. The summed E-state index contributed by atoms with van der Waals surface area (Å²) < 4.78 is 13.1. The molecule has 2 aliphatic rings. The zero-order chi connectivity index (χ0) is 20.4. The Labute approximate surface area is 164 Å². The number of halogens is 1. The second kappa shape index (κ2) is 7.55. The third-order valence-electron chi connectivity index (χ3n) is 4.36. The first-order valence-electron chi connectivity index (χ1n) is 8.67. The summed E-state index contributed by atoms with van der Waals surface area (Å²) in [5, 5.41) is 2.63. The molecule has 0 saturated heterocycles. The number of nitrogens with zero attached hydrogens (tertiary/aromatic N) is 4. The van der Waals surface area contributed by atoms with E-state index >= 15 is 0 Å². The smallest absolute Gasteiger partial charge is 0.350 e. The van der Waals surface area contributed by atoms with Crippen LogP contribution in [0.3, 0.4) is 0 Å². The number of amides is 4. The van der Waals surface area contributed by atoms with Crippen LogP contribution in [0, 0.1) is 5.82 Å². The van der Waals surface area contributed by atoms with Gasteiger partial charge in [-0.1, -0.05) is 18.2 Å². The highest BCUT2D eigenvalue weighted by atomic mass is 19.1. The molecule has 8 nitrogen and oxygen atoms in total. The van der Waals surface area contributed by atoms with E-state index < -0.39 is 30.2 Å². The van der Waals surface area contributed by atoms with Crippen molar-refractivity contribution in [2.24, 2.45) is 9.98 Å². The molecule has 4 rings (SSSR count). The molecule has 2 aliphatic heterocycles. The first kappa shape index (κ1) is 18.4. The standard InChI is InChI=1S/C20H14FN5O3/c21-14-5-3-13(4-6-14)15-10-24-18-17(15)25-20(29)26(19(18)28)11-16(27)23-9-12-2-1-7-22-8-12/h1-8,10H,9,11H2,(H,23,27). The number of carbonyl (C=O) groups is 3. The minimum absolute atomic E-state index is 0.0241. The average Bonchev–Trinajstić information content (AvgIpc) is 3.15. The largest absolute Gasteiger partial charge is 0.351 e. The predicted octanol–water partition coefficient (Wildman–Crippen LogP) is 1.74. The van der Waals surface area contributed by atoms with E-state index in [0.29, 0.717) is 11.1 Å². The Bertz CT molecular complexity index is 1090. The molecule has 0 spiro atoms. The number of rotatable bonds is 5. The molecule has 0 aliphatic carbocycles. The monoisotopic (exact) mass is 391 g/mol. The van der Waals surface area contributed by atoms with Gasteiger partial charge in [-0.05, 0) is 29.3 Å². The van der Waals surface area contributed by atoms with Crippen molar-refractivity contribution in [2.45, 2.75) is 6.54 Å². The van der Waals surface area contributed by atoms with Gasteiger partial charge in [-0.25, -0.2) is 19.1 Å². The van der Waals surface area contributed by atoms with Crippen LogP contribution < -0.4 is 5.32 Å². The van der Waals surface area contributed by atoms with Crippen LogP contribution in [0.4, 0.5) is 9.18 Å². The minimum Gasteiger partial charge on any atom is -0.350 e. The van der Waals surface area contributed by atoms with Crippen molar-refractivity contribution < 1.29 is 18.8 Å². The van der Waals surface area contributed by atoms with Gasteiger partial charge in [0.2, 0.25) is 5.91 Å². The molecule has 1 aromatic carbocycles. The van der Waals surface area contributed by atoms with Crippen LogP contribution >= 0.6 is 0 Å². The molecule has 0 saturated carbocycles. The van der Waals surface area contributed by atoms with E-state index in [4.69, 9.17) is 0 Å². The zero-order valence-electron chi connectivity index (χ0n) is 15.0. The van der Waals surface area contributed by atoms with Gasteiger partial charge in [0.15, 0.2) is 5.71 Å². The molecule has 144 valence electrons. The lowest BCUT2D eigenvalue weighted by atomic mass is 9.99. The van der Waals surface area contributed by atoms with E-state index in [1.54, 1.807) is 24.5 Å². The van der Waals surface area contributed by atoms with Crippen LogP contribution in [0.15, 0.2) is 65.0 Å². The number of hydrogen-bond donors (Lipinski definition) is 1. The van der Waals surface area contributed by atoms with Crippen molar-refractivity contribution in [3.05, 3.63) is 71.9 Å². The van der Waals surface area contributed by atoms with E-state index in [1.807, 2.05) is 0 Å². The Hall–Kier alpha value is -4.01. The third-order valence-corrected chi connectivity index (χ3v) is 4.36. The summed E-state index contributed by atoms with van der Waals surface area (Å²) in [7, 11) is 0. The SMILES string of the molecule is O=C(CN1C(=O)N=C2C(c3ccc(F)cc3)=CN=C2C1=O)NCc1cccnc1. The van der Waals surface area contributed by atoms with Crippen LogP contribution in [0.1, 0.15) is 11.1 Å². The summed E-state index contributed by atoms with van der Waals surface area (Å²) in [5.41, 5.74) is 1.91. The van der Waals surface area contributed by atoms with Gasteiger partial charge in [0.25, 0.3) is 5.91 Å². The average molecular weight is 391 g/mol. The highest BCUT2D eigenvalue weighted by molar-refractivity contribution is 6.78. The summed E-state index contributed by atoms with van der Waals surface area (Å²) >= 11 is 0. The number of allylic oxidation sites excluding steroid dienone is 1. The van der Waals surface area contributed by atoms with Gasteiger partial charge >= 0.3 is 6.03 Å². The van der Waals surface area contributed by atoms with Gasteiger partial charge in [-0.15, -0.1) is 0 Å². The van der Waals surface area contributed by atoms with Crippen molar-refractivity contribution >= 4 is 34.8 Å². The Morgan fingerprint density at radius 3 is 2.62 bits per heavy atom. The molecule has 0 bridgehead atoms. The highest BCUT2D eigenvalue weighted by Crippen LogP contribution is 2.25. The maximum Gasteiger partial charge on any atom is 0.351 e. The number of benzene rings is 1. The van der Waals surface area contributed by atoms with E-state index in [2.05, 4.69) is 20.3 Å². The Morgan fingerprint density at radius 1 is 1.10 bits per heavy atom. The van der Waals surface area contributed by atoms with E-state index in [0.717, 1.165) is 10.5 Å². The summed E-state index contributed by atoms with van der Waals surface area (Å²) in [6.45, 7) is -0.256. The molecule has 9 heteroatoms. The molecular weight excluding hydrogens is 377 g/mol. The molecule has 2 aromatic rings.